The highest BCUT2D eigenvalue weighted by molar-refractivity contribution is 7.79. The third kappa shape index (κ3) is 5.37. The van der Waals surface area contributed by atoms with Gasteiger partial charge in [0.25, 0.3) is 0 Å². The van der Waals surface area contributed by atoms with E-state index in [0.717, 1.165) is 5.75 Å². The van der Waals surface area contributed by atoms with E-state index in [1.165, 1.54) is 5.56 Å². The molecule has 0 heterocycles. The Labute approximate surface area is 148 Å². The van der Waals surface area contributed by atoms with Gasteiger partial charge < -0.3 is 5.11 Å². The summed E-state index contributed by atoms with van der Waals surface area (Å²) in [5.74, 6) is 0.563. The van der Waals surface area contributed by atoms with Crippen LogP contribution >= 0.6 is 12.6 Å². The molecule has 3 heteroatoms. The Morgan fingerprint density at radius 2 is 1.25 bits per heavy atom. The van der Waals surface area contributed by atoms with Gasteiger partial charge in [-0.2, -0.15) is 12.6 Å². The van der Waals surface area contributed by atoms with Crippen LogP contribution in [0.15, 0.2) is 91.0 Å². The number of hydrogen-bond donors (Lipinski definition) is 2. The molecule has 0 fully saturated rings. The molecule has 1 atom stereocenters. The Morgan fingerprint density at radius 3 is 1.71 bits per heavy atom. The van der Waals surface area contributed by atoms with Gasteiger partial charge in [0.15, 0.2) is 5.78 Å². The second-order valence-corrected chi connectivity index (χ2v) is 5.50. The molecule has 0 aliphatic carbocycles. The van der Waals surface area contributed by atoms with E-state index >= 15 is 0 Å². The number of rotatable bonds is 4. The SMILES string of the molecule is O=C(c1ccccc1)C(O)c1ccccc1.SCc1ccccc1. The maximum atomic E-state index is 11.9. The minimum Gasteiger partial charge on any atom is -0.380 e. The van der Waals surface area contributed by atoms with Crippen molar-refractivity contribution < 1.29 is 9.90 Å². The van der Waals surface area contributed by atoms with Crippen LogP contribution in [0.4, 0.5) is 0 Å². The molecule has 0 bridgehead atoms. The Morgan fingerprint density at radius 1 is 0.792 bits per heavy atom. The lowest BCUT2D eigenvalue weighted by atomic mass is 10.0. The van der Waals surface area contributed by atoms with Gasteiger partial charge in [0, 0.05) is 11.3 Å². The highest BCUT2D eigenvalue weighted by Gasteiger charge is 2.18. The van der Waals surface area contributed by atoms with Crippen LogP contribution in [0, 0.1) is 0 Å². The van der Waals surface area contributed by atoms with Gasteiger partial charge in [0.1, 0.15) is 6.10 Å². The Hall–Kier alpha value is -2.36. The number of aliphatic hydroxyl groups excluding tert-OH is 1. The van der Waals surface area contributed by atoms with E-state index < -0.39 is 6.10 Å². The first-order valence-corrected chi connectivity index (χ1v) is 8.32. The van der Waals surface area contributed by atoms with Crippen molar-refractivity contribution in [1.82, 2.24) is 0 Å². The van der Waals surface area contributed by atoms with Gasteiger partial charge in [-0.3, -0.25) is 4.79 Å². The van der Waals surface area contributed by atoms with Crippen molar-refractivity contribution >= 4 is 18.4 Å². The highest BCUT2D eigenvalue weighted by Crippen LogP contribution is 2.17. The fourth-order valence-corrected chi connectivity index (χ4v) is 2.34. The van der Waals surface area contributed by atoms with Gasteiger partial charge in [-0.1, -0.05) is 91.0 Å². The average molecular weight is 336 g/mol. The molecule has 1 unspecified atom stereocenters. The number of ketones is 1. The molecule has 1 N–H and O–H groups in total. The summed E-state index contributed by atoms with van der Waals surface area (Å²) in [5.41, 5.74) is 2.42. The van der Waals surface area contributed by atoms with Crippen LogP contribution in [-0.4, -0.2) is 10.9 Å². The van der Waals surface area contributed by atoms with Crippen molar-refractivity contribution in [3.8, 4) is 0 Å². The predicted molar refractivity (Wildman–Crippen MR) is 101 cm³/mol. The lowest BCUT2D eigenvalue weighted by Gasteiger charge is -2.09. The van der Waals surface area contributed by atoms with E-state index in [1.807, 2.05) is 30.3 Å². The third-order valence-corrected chi connectivity index (χ3v) is 3.81. The van der Waals surface area contributed by atoms with Crippen molar-refractivity contribution in [2.45, 2.75) is 11.9 Å². The van der Waals surface area contributed by atoms with Gasteiger partial charge >= 0.3 is 0 Å². The molecule has 0 saturated carbocycles. The van der Waals surface area contributed by atoms with Gasteiger partial charge in [-0.25, -0.2) is 0 Å². The summed E-state index contributed by atoms with van der Waals surface area (Å²) in [7, 11) is 0. The van der Waals surface area contributed by atoms with Gasteiger partial charge in [-0.05, 0) is 11.1 Å². The topological polar surface area (TPSA) is 37.3 Å². The quantitative estimate of drug-likeness (QED) is 0.534. The fraction of sp³-hybridized carbons (Fsp3) is 0.0952. The van der Waals surface area contributed by atoms with Crippen LogP contribution in [0.2, 0.25) is 0 Å². The van der Waals surface area contributed by atoms with Crippen LogP contribution in [0.25, 0.3) is 0 Å². The molecule has 3 aromatic rings. The number of hydrogen-bond acceptors (Lipinski definition) is 3. The molecule has 2 nitrogen and oxygen atoms in total. The minimum atomic E-state index is -1.08. The van der Waals surface area contributed by atoms with Crippen molar-refractivity contribution in [2.75, 3.05) is 0 Å². The molecule has 0 saturated heterocycles. The number of carbonyl (C=O) groups excluding carboxylic acids is 1. The normalized spacial score (nSPS) is 11.1. The lowest BCUT2D eigenvalue weighted by Crippen LogP contribution is -2.11. The molecule has 3 aromatic carbocycles. The highest BCUT2D eigenvalue weighted by atomic mass is 32.1. The summed E-state index contributed by atoms with van der Waals surface area (Å²) in [4.78, 5) is 11.9. The molecule has 122 valence electrons. The fourth-order valence-electron chi connectivity index (χ4n) is 2.13. The summed E-state index contributed by atoms with van der Waals surface area (Å²) in [6.45, 7) is 0. The maximum absolute atomic E-state index is 11.9. The lowest BCUT2D eigenvalue weighted by molar-refractivity contribution is 0.0747. The standard InChI is InChI=1S/C14H12O2.C7H8S/c15-13(11-7-3-1-4-8-11)14(16)12-9-5-2-6-10-12;8-6-7-4-2-1-3-5-7/h1-10,13,15H;1-5,8H,6H2. The summed E-state index contributed by atoms with van der Waals surface area (Å²) < 4.78 is 0. The van der Waals surface area contributed by atoms with Gasteiger partial charge in [-0.15, -0.1) is 0 Å². The summed E-state index contributed by atoms with van der Waals surface area (Å²) in [5, 5.41) is 9.89. The first kappa shape index (κ1) is 18.0. The largest absolute Gasteiger partial charge is 0.380 e. The van der Waals surface area contributed by atoms with Gasteiger partial charge in [0.2, 0.25) is 0 Å². The maximum Gasteiger partial charge on any atom is 0.195 e. The Kier molecular flexibility index (Phi) is 7.27. The van der Waals surface area contributed by atoms with Crippen molar-refractivity contribution in [2.24, 2.45) is 0 Å². The van der Waals surface area contributed by atoms with Crippen LogP contribution in [0.1, 0.15) is 27.6 Å². The van der Waals surface area contributed by atoms with Crippen LogP contribution < -0.4 is 0 Å². The zero-order valence-electron chi connectivity index (χ0n) is 13.2. The first-order chi connectivity index (χ1) is 11.7. The zero-order valence-corrected chi connectivity index (χ0v) is 14.1. The summed E-state index contributed by atoms with van der Waals surface area (Å²) >= 11 is 4.11. The first-order valence-electron chi connectivity index (χ1n) is 7.69. The number of aliphatic hydroxyl groups is 1. The Balaban J connectivity index is 0.000000219. The molecule has 24 heavy (non-hydrogen) atoms. The molecule has 0 radical (unpaired) electrons. The summed E-state index contributed by atoms with van der Waals surface area (Å²) in [6, 6.07) is 27.9. The van der Waals surface area contributed by atoms with Crippen molar-refractivity contribution in [3.63, 3.8) is 0 Å². The molecule has 0 spiro atoms. The second kappa shape index (κ2) is 9.71. The molecule has 0 amide bonds. The van der Waals surface area contributed by atoms with E-state index in [2.05, 4.69) is 24.8 Å². The zero-order chi connectivity index (χ0) is 17.2. The van der Waals surface area contributed by atoms with E-state index in [9.17, 15) is 9.90 Å². The van der Waals surface area contributed by atoms with E-state index in [0.29, 0.717) is 11.1 Å². The predicted octanol–water partition coefficient (Wildman–Crippen LogP) is 4.72. The second-order valence-electron chi connectivity index (χ2n) is 5.19. The van der Waals surface area contributed by atoms with Gasteiger partial charge in [0.05, 0.1) is 0 Å². The smallest absolute Gasteiger partial charge is 0.195 e. The van der Waals surface area contributed by atoms with Crippen LogP contribution in [-0.2, 0) is 5.75 Å². The number of carbonyl (C=O) groups is 1. The molecule has 3 rings (SSSR count). The van der Waals surface area contributed by atoms with Crippen molar-refractivity contribution in [3.05, 3.63) is 108 Å². The molecule has 0 aliphatic rings. The van der Waals surface area contributed by atoms with E-state index in [-0.39, 0.29) is 5.78 Å². The summed E-state index contributed by atoms with van der Waals surface area (Å²) in [6.07, 6.45) is -1.08. The van der Waals surface area contributed by atoms with Crippen LogP contribution in [0.3, 0.4) is 0 Å². The number of benzene rings is 3. The van der Waals surface area contributed by atoms with Crippen LogP contribution in [0.5, 0.6) is 0 Å². The molecular weight excluding hydrogens is 316 g/mol. The number of thiol groups is 1. The monoisotopic (exact) mass is 336 g/mol. The van der Waals surface area contributed by atoms with E-state index in [4.69, 9.17) is 0 Å². The third-order valence-electron chi connectivity index (χ3n) is 3.45. The van der Waals surface area contributed by atoms with E-state index in [1.54, 1.807) is 48.5 Å². The van der Waals surface area contributed by atoms with Crippen molar-refractivity contribution in [1.29, 1.82) is 0 Å². The molecule has 0 aliphatic heterocycles. The number of Topliss-reactive ketones (excluding diaryl/α,β-unsaturated/α-hetero) is 1. The molecular formula is C21H20O2S. The molecule has 0 aromatic heterocycles. The average Bonchev–Trinajstić information content (AvgIpc) is 2.69. The Bertz CT molecular complexity index is 728. The minimum absolute atomic E-state index is 0.271.